The van der Waals surface area contributed by atoms with Crippen molar-refractivity contribution in [3.8, 4) is 0 Å². The minimum atomic E-state index is -0.241. The first kappa shape index (κ1) is 31.7. The fourth-order valence-corrected chi connectivity index (χ4v) is 2.16. The normalized spacial score (nSPS) is 14.9. The average Bonchev–Trinajstić information content (AvgIpc) is 2.87. The van der Waals surface area contributed by atoms with E-state index in [0.717, 1.165) is 11.0 Å². The van der Waals surface area contributed by atoms with Gasteiger partial charge >= 0.3 is 7.12 Å². The lowest BCUT2D eigenvalue weighted by Crippen LogP contribution is -2.41. The molecule has 2 aromatic heterocycles. The minimum Gasteiger partial charge on any atom is -0.400 e. The van der Waals surface area contributed by atoms with E-state index in [4.69, 9.17) is 32.4 Å². The standard InChI is InChI=1S/C9H17BO2.C7H9N3.C4H4ClN3.2CH4/c1-7(2)10-11-8(3,4)9(5,6)12-10;1-5(2)6-7(8)10-4-3-9-6;5-3-4(6)8-2-1-7-3;;/h1H2,2-6H3;3-4H,1H2,2H3,(H2,8,10);1-2H,(H2,6,8);2*1H4. The summed E-state index contributed by atoms with van der Waals surface area (Å²) in [5, 5.41) is 0.257. The summed E-state index contributed by atoms with van der Waals surface area (Å²) < 4.78 is 11.4. The first-order valence-electron chi connectivity index (χ1n) is 9.24. The van der Waals surface area contributed by atoms with Gasteiger partial charge in [-0.25, -0.2) is 15.0 Å². The van der Waals surface area contributed by atoms with Crippen LogP contribution in [0.1, 0.15) is 62.1 Å². The van der Waals surface area contributed by atoms with E-state index in [-0.39, 0.29) is 44.1 Å². The Balaban J connectivity index is 0. The van der Waals surface area contributed by atoms with Crippen molar-refractivity contribution in [3.05, 3.63) is 54.3 Å². The van der Waals surface area contributed by atoms with Gasteiger partial charge in [-0.05, 0) is 47.1 Å². The minimum absolute atomic E-state index is 0. The highest BCUT2D eigenvalue weighted by Crippen LogP contribution is 2.38. The summed E-state index contributed by atoms with van der Waals surface area (Å²) in [5.74, 6) is 0.712. The van der Waals surface area contributed by atoms with Gasteiger partial charge in [0.15, 0.2) is 11.0 Å². The maximum Gasteiger partial charge on any atom is 0.489 e. The molecule has 2 aromatic rings. The van der Waals surface area contributed by atoms with Crippen LogP contribution in [0.2, 0.25) is 5.15 Å². The van der Waals surface area contributed by atoms with E-state index < -0.39 is 0 Å². The fraction of sp³-hybridized carbons (Fsp3) is 0.455. The first-order chi connectivity index (χ1) is 13.8. The third-order valence-electron chi connectivity index (χ3n) is 4.47. The number of halogens is 1. The average molecular weight is 465 g/mol. The topological polar surface area (TPSA) is 122 Å². The second kappa shape index (κ2) is 13.2. The summed E-state index contributed by atoms with van der Waals surface area (Å²) in [5.41, 5.74) is 12.7. The van der Waals surface area contributed by atoms with Crippen LogP contribution >= 0.6 is 11.6 Å². The molecule has 0 aliphatic carbocycles. The number of nitrogen functional groups attached to an aromatic ring is 2. The van der Waals surface area contributed by atoms with Crippen LogP contribution in [-0.4, -0.2) is 38.3 Å². The van der Waals surface area contributed by atoms with Crippen LogP contribution in [0.25, 0.3) is 5.57 Å². The molecule has 1 aliphatic rings. The second-order valence-electron chi connectivity index (χ2n) is 7.74. The molecule has 0 unspecified atom stereocenters. The van der Waals surface area contributed by atoms with E-state index in [2.05, 4.69) is 33.1 Å². The van der Waals surface area contributed by atoms with E-state index >= 15 is 0 Å². The van der Waals surface area contributed by atoms with Gasteiger partial charge in [-0.2, -0.15) is 0 Å². The SMILES string of the molecule is C.C.C=C(C)B1OC(C)(C)C(C)(C)O1.C=C(C)c1nccnc1N.Nc1nccnc1Cl. The summed E-state index contributed by atoms with van der Waals surface area (Å²) in [7, 11) is -0.241. The van der Waals surface area contributed by atoms with E-state index in [0.29, 0.717) is 11.5 Å². The van der Waals surface area contributed by atoms with Crippen molar-refractivity contribution in [3.63, 3.8) is 0 Å². The number of hydrogen-bond acceptors (Lipinski definition) is 8. The lowest BCUT2D eigenvalue weighted by atomic mass is 9.81. The van der Waals surface area contributed by atoms with Gasteiger partial charge in [0.05, 0.1) is 11.2 Å². The van der Waals surface area contributed by atoms with Crippen molar-refractivity contribution in [1.82, 2.24) is 19.9 Å². The van der Waals surface area contributed by atoms with Crippen molar-refractivity contribution in [2.75, 3.05) is 11.5 Å². The van der Waals surface area contributed by atoms with Gasteiger partial charge in [-0.1, -0.05) is 38.5 Å². The Morgan fingerprint density at radius 3 is 1.50 bits per heavy atom. The third-order valence-corrected chi connectivity index (χ3v) is 4.76. The maximum absolute atomic E-state index is 5.70. The molecule has 0 saturated carbocycles. The van der Waals surface area contributed by atoms with E-state index in [1.54, 1.807) is 12.4 Å². The van der Waals surface area contributed by atoms with Gasteiger partial charge in [-0.3, -0.25) is 4.98 Å². The smallest absolute Gasteiger partial charge is 0.400 e. The monoisotopic (exact) mass is 464 g/mol. The predicted molar refractivity (Wildman–Crippen MR) is 137 cm³/mol. The maximum atomic E-state index is 5.70. The molecule has 10 heteroatoms. The zero-order valence-electron chi connectivity index (χ0n) is 18.4. The molecule has 178 valence electrons. The van der Waals surface area contributed by atoms with Crippen LogP contribution in [0.5, 0.6) is 0 Å². The summed E-state index contributed by atoms with van der Waals surface area (Å²) in [4.78, 5) is 15.2. The molecule has 1 fully saturated rings. The Morgan fingerprint density at radius 2 is 1.25 bits per heavy atom. The van der Waals surface area contributed by atoms with Crippen LogP contribution in [0.4, 0.5) is 11.6 Å². The molecule has 0 bridgehead atoms. The zero-order chi connectivity index (χ0) is 23.1. The molecule has 0 aromatic carbocycles. The molecular formula is C22H38BClN6O2. The molecule has 32 heavy (non-hydrogen) atoms. The largest absolute Gasteiger partial charge is 0.489 e. The Morgan fingerprint density at radius 1 is 0.844 bits per heavy atom. The van der Waals surface area contributed by atoms with Crippen LogP contribution in [0.15, 0.2) is 43.4 Å². The van der Waals surface area contributed by atoms with Gasteiger partial charge in [-0.15, -0.1) is 6.58 Å². The molecule has 3 rings (SSSR count). The first-order valence-corrected chi connectivity index (χ1v) is 9.61. The highest BCUT2D eigenvalue weighted by Gasteiger charge is 2.51. The number of nitrogens with zero attached hydrogens (tertiary/aromatic N) is 4. The molecule has 8 nitrogen and oxygen atoms in total. The zero-order valence-corrected chi connectivity index (χ0v) is 19.2. The van der Waals surface area contributed by atoms with Crippen LogP contribution in [0, 0.1) is 0 Å². The Hall–Kier alpha value is -2.49. The molecule has 0 amide bonds. The van der Waals surface area contributed by atoms with Crippen molar-refractivity contribution >= 4 is 35.9 Å². The summed E-state index contributed by atoms with van der Waals surface area (Å²) in [6.45, 7) is 19.4. The molecule has 1 aliphatic heterocycles. The summed E-state index contributed by atoms with van der Waals surface area (Å²) in [6.07, 6.45) is 6.13. The lowest BCUT2D eigenvalue weighted by molar-refractivity contribution is 0.00578. The Bertz CT molecular complexity index is 855. The van der Waals surface area contributed by atoms with Crippen LogP contribution in [0.3, 0.4) is 0 Å². The third kappa shape index (κ3) is 8.94. The molecule has 0 radical (unpaired) electrons. The van der Waals surface area contributed by atoms with Gasteiger partial charge in [0.25, 0.3) is 0 Å². The van der Waals surface area contributed by atoms with Gasteiger partial charge < -0.3 is 20.8 Å². The Labute approximate surface area is 198 Å². The fourth-order valence-electron chi connectivity index (χ4n) is 2.05. The highest BCUT2D eigenvalue weighted by molar-refractivity contribution is 6.54. The summed E-state index contributed by atoms with van der Waals surface area (Å²) in [6, 6.07) is 0. The number of rotatable bonds is 2. The van der Waals surface area contributed by atoms with Gasteiger partial charge in [0.1, 0.15) is 11.5 Å². The Kier molecular flexibility index (Phi) is 13.0. The molecular weight excluding hydrogens is 427 g/mol. The number of allylic oxidation sites excluding steroid dienone is 2. The molecule has 3 heterocycles. The highest BCUT2D eigenvalue weighted by atomic mass is 35.5. The van der Waals surface area contributed by atoms with Gasteiger partial charge in [0, 0.05) is 24.8 Å². The number of nitrogens with two attached hydrogens (primary N) is 2. The number of aromatic nitrogens is 4. The van der Waals surface area contributed by atoms with E-state index in [1.165, 1.54) is 12.4 Å². The van der Waals surface area contributed by atoms with E-state index in [9.17, 15) is 0 Å². The summed E-state index contributed by atoms with van der Waals surface area (Å²) >= 11 is 5.41. The van der Waals surface area contributed by atoms with Crippen molar-refractivity contribution < 1.29 is 9.31 Å². The quantitative estimate of drug-likeness (QED) is 0.576. The number of anilines is 2. The molecule has 0 atom stereocenters. The van der Waals surface area contributed by atoms with E-state index in [1.807, 2.05) is 41.5 Å². The lowest BCUT2D eigenvalue weighted by Gasteiger charge is -2.32. The van der Waals surface area contributed by atoms with Gasteiger partial charge in [0.2, 0.25) is 0 Å². The molecule has 4 N–H and O–H groups in total. The van der Waals surface area contributed by atoms with Crippen molar-refractivity contribution in [2.24, 2.45) is 0 Å². The van der Waals surface area contributed by atoms with Crippen molar-refractivity contribution in [1.29, 1.82) is 0 Å². The van der Waals surface area contributed by atoms with Crippen LogP contribution < -0.4 is 11.5 Å². The molecule has 1 saturated heterocycles. The van der Waals surface area contributed by atoms with Crippen LogP contribution in [-0.2, 0) is 9.31 Å². The predicted octanol–water partition coefficient (Wildman–Crippen LogP) is 5.27. The van der Waals surface area contributed by atoms with Crippen molar-refractivity contribution in [2.45, 2.75) is 67.6 Å². The number of hydrogen-bond donors (Lipinski definition) is 2. The molecule has 0 spiro atoms. The second-order valence-corrected chi connectivity index (χ2v) is 8.10.